The Bertz CT molecular complexity index is 340. The number of allylic oxidation sites excluding steroid dienone is 1. The number of carbonyl (C=O) groups excluding carboxylic acids is 1. The van der Waals surface area contributed by atoms with E-state index in [4.69, 9.17) is 4.74 Å². The molecule has 4 heteroatoms. The van der Waals surface area contributed by atoms with Crippen LogP contribution in [0.15, 0.2) is 12.2 Å². The van der Waals surface area contributed by atoms with E-state index in [2.05, 4.69) is 23.8 Å². The molecule has 1 aliphatic rings. The second-order valence-electron chi connectivity index (χ2n) is 6.44. The summed E-state index contributed by atoms with van der Waals surface area (Å²) < 4.78 is 10.1. The Morgan fingerprint density at radius 3 is 2.65 bits per heavy atom. The molecule has 3 atom stereocenters. The maximum absolute atomic E-state index is 11.0. The van der Waals surface area contributed by atoms with E-state index in [-0.39, 0.29) is 24.3 Å². The quantitative estimate of drug-likeness (QED) is 0.225. The van der Waals surface area contributed by atoms with Crippen molar-refractivity contribution in [1.82, 2.24) is 0 Å². The predicted octanol–water partition coefficient (Wildman–Crippen LogP) is 4.15. The lowest BCUT2D eigenvalue weighted by atomic mass is 10.0. The van der Waals surface area contributed by atoms with Gasteiger partial charge in [-0.15, -0.1) is 0 Å². The van der Waals surface area contributed by atoms with Crippen molar-refractivity contribution in [3.63, 3.8) is 0 Å². The number of rotatable bonds is 14. The van der Waals surface area contributed by atoms with Crippen molar-refractivity contribution in [2.45, 2.75) is 95.9 Å². The van der Waals surface area contributed by atoms with E-state index in [0.29, 0.717) is 6.42 Å². The van der Waals surface area contributed by atoms with Gasteiger partial charge in [0.2, 0.25) is 0 Å². The summed E-state index contributed by atoms with van der Waals surface area (Å²) in [5.41, 5.74) is 0. The summed E-state index contributed by atoms with van der Waals surface area (Å²) in [5, 5.41) is 10.1. The van der Waals surface area contributed by atoms with Gasteiger partial charge < -0.3 is 14.6 Å². The van der Waals surface area contributed by atoms with E-state index in [1.165, 1.54) is 26.4 Å². The molecule has 134 valence electrons. The van der Waals surface area contributed by atoms with Crippen molar-refractivity contribution < 1.29 is 19.4 Å². The number of hydrogen-bond donors (Lipinski definition) is 1. The topological polar surface area (TPSA) is 59.1 Å². The highest BCUT2D eigenvalue weighted by Gasteiger charge is 2.41. The Morgan fingerprint density at radius 1 is 1.17 bits per heavy atom. The van der Waals surface area contributed by atoms with Crippen LogP contribution in [0.2, 0.25) is 0 Å². The fourth-order valence-corrected chi connectivity index (χ4v) is 2.76. The van der Waals surface area contributed by atoms with Crippen LogP contribution < -0.4 is 0 Å². The molecule has 1 rings (SSSR count). The minimum atomic E-state index is -0.338. The fourth-order valence-electron chi connectivity index (χ4n) is 2.76. The lowest BCUT2D eigenvalue weighted by Crippen LogP contribution is -2.16. The molecular weight excluding hydrogens is 292 g/mol. The maximum Gasteiger partial charge on any atom is 0.305 e. The van der Waals surface area contributed by atoms with Gasteiger partial charge in [-0.3, -0.25) is 4.79 Å². The molecule has 0 spiro atoms. The zero-order valence-corrected chi connectivity index (χ0v) is 14.8. The van der Waals surface area contributed by atoms with Gasteiger partial charge in [0.25, 0.3) is 0 Å². The molecule has 0 aromatic rings. The Labute approximate surface area is 141 Å². The average molecular weight is 326 g/mol. The number of methoxy groups -OCH3 is 1. The minimum Gasteiger partial charge on any atom is -0.469 e. The van der Waals surface area contributed by atoms with E-state index in [1.54, 1.807) is 0 Å². The molecule has 0 aromatic carbocycles. The summed E-state index contributed by atoms with van der Waals surface area (Å²) in [6, 6.07) is 0. The van der Waals surface area contributed by atoms with Crippen LogP contribution in [0.1, 0.15) is 77.6 Å². The van der Waals surface area contributed by atoms with Crippen LogP contribution in [-0.2, 0) is 14.3 Å². The molecule has 1 N–H and O–H groups in total. The number of epoxide rings is 1. The van der Waals surface area contributed by atoms with Gasteiger partial charge in [-0.25, -0.2) is 0 Å². The molecule has 0 aromatic heterocycles. The molecule has 0 aliphatic carbocycles. The van der Waals surface area contributed by atoms with Gasteiger partial charge in [0, 0.05) is 6.42 Å². The molecule has 1 fully saturated rings. The maximum atomic E-state index is 11.0. The Hall–Kier alpha value is -0.870. The van der Waals surface area contributed by atoms with Crippen molar-refractivity contribution in [1.29, 1.82) is 0 Å². The molecule has 0 saturated carbocycles. The lowest BCUT2D eigenvalue weighted by molar-refractivity contribution is -0.140. The summed E-state index contributed by atoms with van der Waals surface area (Å²) in [7, 11) is 1.43. The first-order chi connectivity index (χ1) is 11.2. The standard InChI is InChI=1S/C19H34O4/c1-3-4-5-7-11-14-17-19(23-17)16(20)13-10-8-6-9-12-15-18(21)22-2/h11,14,16-17,19-20H,3-10,12-13,15H2,1-2H3/b14-11-/t16-,17-,19-/m0/s1. The van der Waals surface area contributed by atoms with Crippen LogP contribution in [0.3, 0.4) is 0 Å². The van der Waals surface area contributed by atoms with Gasteiger partial charge >= 0.3 is 5.97 Å². The predicted molar refractivity (Wildman–Crippen MR) is 92.3 cm³/mol. The molecular formula is C19H34O4. The third-order valence-corrected chi connectivity index (χ3v) is 4.35. The summed E-state index contributed by atoms with van der Waals surface area (Å²) in [6.07, 6.45) is 15.5. The zero-order valence-electron chi connectivity index (χ0n) is 14.8. The molecule has 0 unspecified atom stereocenters. The van der Waals surface area contributed by atoms with Crippen molar-refractivity contribution in [3.8, 4) is 0 Å². The number of ether oxygens (including phenoxy) is 2. The first-order valence-electron chi connectivity index (χ1n) is 9.26. The van der Waals surface area contributed by atoms with E-state index in [0.717, 1.165) is 44.9 Å². The van der Waals surface area contributed by atoms with Gasteiger partial charge in [-0.05, 0) is 25.7 Å². The molecule has 0 radical (unpaired) electrons. The number of carbonyl (C=O) groups is 1. The first-order valence-corrected chi connectivity index (χ1v) is 9.26. The second kappa shape index (κ2) is 12.5. The molecule has 1 aliphatic heterocycles. The van der Waals surface area contributed by atoms with Gasteiger partial charge in [-0.1, -0.05) is 57.6 Å². The molecule has 1 heterocycles. The number of esters is 1. The number of hydrogen-bond acceptors (Lipinski definition) is 4. The normalized spacial score (nSPS) is 21.5. The summed E-state index contributed by atoms with van der Waals surface area (Å²) in [4.78, 5) is 11.0. The van der Waals surface area contributed by atoms with Gasteiger partial charge in [0.1, 0.15) is 12.2 Å². The second-order valence-corrected chi connectivity index (χ2v) is 6.44. The summed E-state index contributed by atoms with van der Waals surface area (Å²) >= 11 is 0. The van der Waals surface area contributed by atoms with Crippen molar-refractivity contribution in [3.05, 3.63) is 12.2 Å². The molecule has 4 nitrogen and oxygen atoms in total. The molecule has 0 amide bonds. The van der Waals surface area contributed by atoms with E-state index in [9.17, 15) is 9.90 Å². The van der Waals surface area contributed by atoms with Gasteiger partial charge in [-0.2, -0.15) is 0 Å². The van der Waals surface area contributed by atoms with Crippen LogP contribution in [0, 0.1) is 0 Å². The lowest BCUT2D eigenvalue weighted by Gasteiger charge is -2.07. The molecule has 1 saturated heterocycles. The van der Waals surface area contributed by atoms with Crippen molar-refractivity contribution in [2.24, 2.45) is 0 Å². The largest absolute Gasteiger partial charge is 0.469 e. The zero-order chi connectivity index (χ0) is 16.9. The fraction of sp³-hybridized carbons (Fsp3) is 0.842. The average Bonchev–Trinajstić information content (AvgIpc) is 3.33. The number of unbranched alkanes of at least 4 members (excludes halogenated alkanes) is 7. The molecule has 23 heavy (non-hydrogen) atoms. The Balaban J connectivity index is 1.93. The highest BCUT2D eigenvalue weighted by molar-refractivity contribution is 5.68. The third-order valence-electron chi connectivity index (χ3n) is 4.35. The van der Waals surface area contributed by atoms with Gasteiger partial charge in [0.05, 0.1) is 13.2 Å². The number of aliphatic hydroxyl groups excluding tert-OH is 1. The molecule has 0 bridgehead atoms. The first kappa shape index (κ1) is 20.2. The highest BCUT2D eigenvalue weighted by Crippen LogP contribution is 2.29. The van der Waals surface area contributed by atoms with Crippen molar-refractivity contribution in [2.75, 3.05) is 7.11 Å². The van der Waals surface area contributed by atoms with Gasteiger partial charge in [0.15, 0.2) is 0 Å². The smallest absolute Gasteiger partial charge is 0.305 e. The summed E-state index contributed by atoms with van der Waals surface area (Å²) in [6.45, 7) is 2.21. The number of aliphatic hydroxyl groups is 1. The van der Waals surface area contributed by atoms with Crippen LogP contribution >= 0.6 is 0 Å². The Kier molecular flexibility index (Phi) is 11.0. The highest BCUT2D eigenvalue weighted by atomic mass is 16.6. The minimum absolute atomic E-state index is 0.0109. The van der Waals surface area contributed by atoms with Crippen LogP contribution in [-0.4, -0.2) is 36.5 Å². The van der Waals surface area contributed by atoms with E-state index >= 15 is 0 Å². The van der Waals surface area contributed by atoms with Crippen LogP contribution in [0.25, 0.3) is 0 Å². The monoisotopic (exact) mass is 326 g/mol. The van der Waals surface area contributed by atoms with Crippen molar-refractivity contribution >= 4 is 5.97 Å². The van der Waals surface area contributed by atoms with E-state index < -0.39 is 0 Å². The summed E-state index contributed by atoms with van der Waals surface area (Å²) in [5.74, 6) is -0.125. The SMILES string of the molecule is CCCCC/C=C\[C@@H]1O[C@H]1[C@@H](O)CCCCCCCC(=O)OC. The van der Waals surface area contributed by atoms with Crippen LogP contribution in [0.4, 0.5) is 0 Å². The third kappa shape index (κ3) is 9.77. The van der Waals surface area contributed by atoms with E-state index in [1.807, 2.05) is 0 Å². The van der Waals surface area contributed by atoms with Crippen LogP contribution in [0.5, 0.6) is 0 Å². The Morgan fingerprint density at radius 2 is 1.91 bits per heavy atom.